The van der Waals surface area contributed by atoms with Crippen LogP contribution >= 0.6 is 0 Å². The van der Waals surface area contributed by atoms with Gasteiger partial charge >= 0.3 is 0 Å². The van der Waals surface area contributed by atoms with E-state index in [0.29, 0.717) is 6.04 Å². The van der Waals surface area contributed by atoms with Gasteiger partial charge in [0.1, 0.15) is 5.75 Å². The highest BCUT2D eigenvalue weighted by Gasteiger charge is 2.20. The number of nitrogens with one attached hydrogen (secondary N) is 1. The average molecular weight is 282 g/mol. The molecule has 0 saturated heterocycles. The van der Waals surface area contributed by atoms with E-state index in [9.17, 15) is 0 Å². The lowest BCUT2D eigenvalue weighted by Crippen LogP contribution is -2.21. The van der Waals surface area contributed by atoms with Gasteiger partial charge in [0.15, 0.2) is 0 Å². The van der Waals surface area contributed by atoms with Crippen LogP contribution in [0.25, 0.3) is 0 Å². The minimum Gasteiger partial charge on any atom is -0.493 e. The summed E-state index contributed by atoms with van der Waals surface area (Å²) in [6.45, 7) is 5.91. The van der Waals surface area contributed by atoms with Gasteiger partial charge in [-0.3, -0.25) is 4.98 Å². The van der Waals surface area contributed by atoms with Gasteiger partial charge in [0.2, 0.25) is 0 Å². The fourth-order valence-corrected chi connectivity index (χ4v) is 2.91. The number of aryl methyl sites for hydroxylation is 2. The number of hydrogen-bond donors (Lipinski definition) is 1. The first-order valence-electron chi connectivity index (χ1n) is 7.61. The molecule has 110 valence electrons. The normalized spacial score (nSPS) is 17.7. The molecular weight excluding hydrogens is 260 g/mol. The summed E-state index contributed by atoms with van der Waals surface area (Å²) in [5, 5.41) is 3.69. The van der Waals surface area contributed by atoms with E-state index in [0.717, 1.165) is 31.7 Å². The van der Waals surface area contributed by atoms with E-state index < -0.39 is 0 Å². The van der Waals surface area contributed by atoms with Crippen molar-refractivity contribution >= 4 is 0 Å². The van der Waals surface area contributed by atoms with Gasteiger partial charge in [-0.05, 0) is 49.4 Å². The lowest BCUT2D eigenvalue weighted by molar-refractivity contribution is 0.313. The molecule has 0 fully saturated rings. The Kier molecular flexibility index (Phi) is 4.20. The Morgan fingerprint density at radius 2 is 2.14 bits per heavy atom. The molecule has 0 amide bonds. The van der Waals surface area contributed by atoms with Crippen LogP contribution in [0.2, 0.25) is 0 Å². The number of fused-ring (bicyclic) bond motifs is 1. The number of para-hydroxylation sites is 1. The van der Waals surface area contributed by atoms with Crippen LogP contribution in [0.4, 0.5) is 0 Å². The molecule has 1 aliphatic heterocycles. The zero-order valence-electron chi connectivity index (χ0n) is 12.7. The Morgan fingerprint density at radius 1 is 1.24 bits per heavy atom. The third-order valence-corrected chi connectivity index (χ3v) is 4.18. The number of benzene rings is 1. The molecule has 0 aliphatic carbocycles. The second kappa shape index (κ2) is 6.27. The first-order chi connectivity index (χ1) is 10.3. The number of pyridine rings is 1. The van der Waals surface area contributed by atoms with Crippen molar-refractivity contribution in [3.8, 4) is 5.75 Å². The van der Waals surface area contributed by atoms with Crippen LogP contribution in [0.15, 0.2) is 36.7 Å². The van der Waals surface area contributed by atoms with Crippen molar-refractivity contribution in [3.63, 3.8) is 0 Å². The van der Waals surface area contributed by atoms with E-state index in [-0.39, 0.29) is 0 Å². The largest absolute Gasteiger partial charge is 0.493 e. The fraction of sp³-hybridized carbons (Fsp3) is 0.389. The van der Waals surface area contributed by atoms with Crippen LogP contribution in [0, 0.1) is 13.8 Å². The van der Waals surface area contributed by atoms with Crippen LogP contribution in [0.5, 0.6) is 5.75 Å². The molecule has 1 unspecified atom stereocenters. The number of aromatic nitrogens is 1. The standard InChI is InChI=1S/C18H22N2O/c1-13-5-3-6-16-17(7-4-10-21-18(13)16)20-12-15-8-9-19-11-14(15)2/h3,5-6,8-9,11,17,20H,4,7,10,12H2,1-2H3. The first kappa shape index (κ1) is 14.1. The Balaban J connectivity index is 1.80. The minimum absolute atomic E-state index is 0.356. The third-order valence-electron chi connectivity index (χ3n) is 4.18. The van der Waals surface area contributed by atoms with Crippen molar-refractivity contribution in [2.75, 3.05) is 6.61 Å². The van der Waals surface area contributed by atoms with Crippen LogP contribution in [-0.2, 0) is 6.54 Å². The molecule has 0 spiro atoms. The molecule has 2 heterocycles. The maximum Gasteiger partial charge on any atom is 0.126 e. The summed E-state index contributed by atoms with van der Waals surface area (Å²) >= 11 is 0. The van der Waals surface area contributed by atoms with E-state index in [1.54, 1.807) is 0 Å². The molecule has 1 aliphatic rings. The molecule has 1 aromatic heterocycles. The summed E-state index contributed by atoms with van der Waals surface area (Å²) in [5.41, 5.74) is 5.06. The quantitative estimate of drug-likeness (QED) is 0.932. The molecular formula is C18H22N2O. The molecule has 3 nitrogen and oxygen atoms in total. The van der Waals surface area contributed by atoms with Crippen LogP contribution < -0.4 is 10.1 Å². The van der Waals surface area contributed by atoms with E-state index in [2.05, 4.69) is 48.4 Å². The number of nitrogens with zero attached hydrogens (tertiary/aromatic N) is 1. The van der Waals surface area contributed by atoms with Gasteiger partial charge in [-0.1, -0.05) is 18.2 Å². The molecule has 3 rings (SSSR count). The Labute approximate surface area is 126 Å². The molecule has 1 aromatic carbocycles. The molecule has 0 saturated carbocycles. The maximum atomic E-state index is 5.94. The molecule has 21 heavy (non-hydrogen) atoms. The first-order valence-corrected chi connectivity index (χ1v) is 7.61. The molecule has 0 bridgehead atoms. The highest BCUT2D eigenvalue weighted by Crippen LogP contribution is 2.34. The number of rotatable bonds is 3. The van der Waals surface area contributed by atoms with Gasteiger partial charge in [0, 0.05) is 30.5 Å². The van der Waals surface area contributed by atoms with Gasteiger partial charge < -0.3 is 10.1 Å². The third kappa shape index (κ3) is 3.08. The maximum absolute atomic E-state index is 5.94. The lowest BCUT2D eigenvalue weighted by Gasteiger charge is -2.20. The van der Waals surface area contributed by atoms with Gasteiger partial charge in [-0.25, -0.2) is 0 Å². The fourth-order valence-electron chi connectivity index (χ4n) is 2.91. The second-order valence-electron chi connectivity index (χ2n) is 5.72. The predicted octanol–water partition coefficient (Wildman–Crippen LogP) is 3.70. The Morgan fingerprint density at radius 3 is 3.00 bits per heavy atom. The topological polar surface area (TPSA) is 34.2 Å². The molecule has 2 aromatic rings. The smallest absolute Gasteiger partial charge is 0.126 e. The van der Waals surface area contributed by atoms with Crippen molar-refractivity contribution < 1.29 is 4.74 Å². The van der Waals surface area contributed by atoms with E-state index in [4.69, 9.17) is 4.74 Å². The summed E-state index contributed by atoms with van der Waals surface area (Å²) in [7, 11) is 0. The van der Waals surface area contributed by atoms with E-state index >= 15 is 0 Å². The average Bonchev–Trinajstić information content (AvgIpc) is 2.70. The van der Waals surface area contributed by atoms with Crippen molar-refractivity contribution in [1.29, 1.82) is 0 Å². The number of ether oxygens (including phenoxy) is 1. The van der Waals surface area contributed by atoms with Crippen LogP contribution in [0.1, 0.15) is 41.1 Å². The molecule has 1 atom stereocenters. The lowest BCUT2D eigenvalue weighted by atomic mass is 9.99. The number of hydrogen-bond acceptors (Lipinski definition) is 3. The van der Waals surface area contributed by atoms with Gasteiger partial charge in [0.05, 0.1) is 6.61 Å². The van der Waals surface area contributed by atoms with Crippen molar-refractivity contribution in [3.05, 3.63) is 58.9 Å². The molecule has 3 heteroatoms. The van der Waals surface area contributed by atoms with Crippen LogP contribution in [-0.4, -0.2) is 11.6 Å². The zero-order chi connectivity index (χ0) is 14.7. The predicted molar refractivity (Wildman–Crippen MR) is 84.5 cm³/mol. The van der Waals surface area contributed by atoms with Crippen molar-refractivity contribution in [2.45, 2.75) is 39.3 Å². The summed E-state index contributed by atoms with van der Waals surface area (Å²) < 4.78 is 5.94. The monoisotopic (exact) mass is 282 g/mol. The van der Waals surface area contributed by atoms with E-state index in [1.165, 1.54) is 22.3 Å². The summed E-state index contributed by atoms with van der Waals surface area (Å²) in [6.07, 6.45) is 5.98. The summed E-state index contributed by atoms with van der Waals surface area (Å²) in [5.74, 6) is 1.07. The van der Waals surface area contributed by atoms with Gasteiger partial charge in [-0.2, -0.15) is 0 Å². The summed E-state index contributed by atoms with van der Waals surface area (Å²) in [6, 6.07) is 8.87. The minimum atomic E-state index is 0.356. The Hall–Kier alpha value is -1.87. The van der Waals surface area contributed by atoms with Crippen molar-refractivity contribution in [1.82, 2.24) is 10.3 Å². The van der Waals surface area contributed by atoms with E-state index in [1.807, 2.05) is 12.4 Å². The molecule has 0 radical (unpaired) electrons. The van der Waals surface area contributed by atoms with Gasteiger partial charge in [0.25, 0.3) is 0 Å². The van der Waals surface area contributed by atoms with Gasteiger partial charge in [-0.15, -0.1) is 0 Å². The zero-order valence-corrected chi connectivity index (χ0v) is 12.7. The van der Waals surface area contributed by atoms with Crippen molar-refractivity contribution in [2.24, 2.45) is 0 Å². The molecule has 1 N–H and O–H groups in total. The highest BCUT2D eigenvalue weighted by molar-refractivity contribution is 5.43. The summed E-state index contributed by atoms with van der Waals surface area (Å²) in [4.78, 5) is 4.15. The SMILES string of the molecule is Cc1cnccc1CNC1CCCOc2c(C)cccc21. The highest BCUT2D eigenvalue weighted by atomic mass is 16.5. The van der Waals surface area contributed by atoms with Crippen LogP contribution in [0.3, 0.4) is 0 Å². The second-order valence-corrected chi connectivity index (χ2v) is 5.72. The Bertz CT molecular complexity index is 624.